The monoisotopic (exact) mass is 264 g/mol. The van der Waals surface area contributed by atoms with Crippen molar-refractivity contribution in [1.29, 1.82) is 0 Å². The van der Waals surface area contributed by atoms with E-state index in [1.165, 1.54) is 0 Å². The van der Waals surface area contributed by atoms with E-state index in [0.29, 0.717) is 22.9 Å². The van der Waals surface area contributed by atoms with Crippen molar-refractivity contribution < 1.29 is 14.4 Å². The second-order valence-electron chi connectivity index (χ2n) is 5.70. The number of carbonyl (C=O) groups is 3. The van der Waals surface area contributed by atoms with Gasteiger partial charge in [-0.05, 0) is 11.3 Å². The van der Waals surface area contributed by atoms with Gasteiger partial charge in [0.15, 0.2) is 22.8 Å². The molecule has 1 unspecified atom stereocenters. The summed E-state index contributed by atoms with van der Waals surface area (Å²) in [5.41, 5.74) is -0.418. The Morgan fingerprint density at radius 3 is 1.95 bits per heavy atom. The number of hydrogen-bond donors (Lipinski definition) is 0. The van der Waals surface area contributed by atoms with E-state index in [4.69, 9.17) is 0 Å². The van der Waals surface area contributed by atoms with Crippen molar-refractivity contribution in [3.8, 4) is 0 Å². The molecule has 0 bridgehead atoms. The Kier molecular flexibility index (Phi) is 1.97. The van der Waals surface area contributed by atoms with Crippen molar-refractivity contribution in [2.45, 2.75) is 13.3 Å². The van der Waals surface area contributed by atoms with Crippen molar-refractivity contribution in [1.82, 2.24) is 0 Å². The Labute approximate surface area is 115 Å². The zero-order chi connectivity index (χ0) is 14.1. The maximum Gasteiger partial charge on any atom is 0.185 e. The van der Waals surface area contributed by atoms with Gasteiger partial charge in [-0.1, -0.05) is 43.3 Å². The van der Waals surface area contributed by atoms with Crippen molar-refractivity contribution in [3.05, 3.63) is 47.5 Å². The molecule has 0 amide bonds. The molecule has 0 radical (unpaired) electrons. The molecule has 0 aliphatic heterocycles. The standard InChI is InChI=1S/C17H12O3/c1-9-8-13(18)17(9)15(19)11-6-2-4-10-5-3-7-12(14(10)11)16(17)20/h2-7,9H,8H2,1H3. The predicted molar refractivity (Wildman–Crippen MR) is 73.8 cm³/mol. The quantitative estimate of drug-likeness (QED) is 0.687. The van der Waals surface area contributed by atoms with Crippen LogP contribution in [0.25, 0.3) is 10.8 Å². The van der Waals surface area contributed by atoms with Gasteiger partial charge in [0, 0.05) is 22.9 Å². The van der Waals surface area contributed by atoms with Crippen LogP contribution < -0.4 is 0 Å². The summed E-state index contributed by atoms with van der Waals surface area (Å²) in [6, 6.07) is 10.8. The van der Waals surface area contributed by atoms with E-state index in [0.717, 1.165) is 5.39 Å². The first-order chi connectivity index (χ1) is 9.58. The van der Waals surface area contributed by atoms with Crippen molar-refractivity contribution in [2.24, 2.45) is 11.3 Å². The lowest BCUT2D eigenvalue weighted by molar-refractivity contribution is -0.136. The number of benzene rings is 2. The Morgan fingerprint density at radius 2 is 1.50 bits per heavy atom. The number of Topliss-reactive ketones (excluding diaryl/α,β-unsaturated/α-hetero) is 3. The Morgan fingerprint density at radius 1 is 0.950 bits per heavy atom. The zero-order valence-corrected chi connectivity index (χ0v) is 11.0. The fourth-order valence-electron chi connectivity index (χ4n) is 3.68. The largest absolute Gasteiger partial charge is 0.298 e. The van der Waals surface area contributed by atoms with Gasteiger partial charge in [-0.25, -0.2) is 0 Å². The summed E-state index contributed by atoms with van der Waals surface area (Å²) in [6.45, 7) is 1.81. The topological polar surface area (TPSA) is 51.2 Å². The smallest absolute Gasteiger partial charge is 0.185 e. The second kappa shape index (κ2) is 3.42. The van der Waals surface area contributed by atoms with E-state index in [1.807, 2.05) is 19.1 Å². The van der Waals surface area contributed by atoms with Crippen LogP contribution in [0.3, 0.4) is 0 Å². The molecule has 20 heavy (non-hydrogen) atoms. The molecule has 1 atom stereocenters. The molecule has 2 aromatic carbocycles. The maximum atomic E-state index is 12.8. The lowest BCUT2D eigenvalue weighted by Gasteiger charge is -2.45. The molecule has 3 heteroatoms. The molecule has 0 aromatic heterocycles. The van der Waals surface area contributed by atoms with E-state index < -0.39 is 5.41 Å². The minimum absolute atomic E-state index is 0.210. The highest BCUT2D eigenvalue weighted by Crippen LogP contribution is 2.51. The van der Waals surface area contributed by atoms with Gasteiger partial charge >= 0.3 is 0 Å². The average molecular weight is 264 g/mol. The van der Waals surface area contributed by atoms with Crippen LogP contribution in [0.2, 0.25) is 0 Å². The molecule has 2 aliphatic carbocycles. The van der Waals surface area contributed by atoms with Gasteiger partial charge in [-0.2, -0.15) is 0 Å². The van der Waals surface area contributed by atoms with Crippen molar-refractivity contribution >= 4 is 28.1 Å². The van der Waals surface area contributed by atoms with Crippen LogP contribution in [0.15, 0.2) is 36.4 Å². The Hall–Kier alpha value is -2.29. The van der Waals surface area contributed by atoms with E-state index in [1.54, 1.807) is 24.3 Å². The summed E-state index contributed by atoms with van der Waals surface area (Å²) in [5.74, 6) is -1.06. The summed E-state index contributed by atoms with van der Waals surface area (Å²) >= 11 is 0. The first-order valence-electron chi connectivity index (χ1n) is 6.73. The molecule has 1 fully saturated rings. The highest BCUT2D eigenvalue weighted by atomic mass is 16.2. The molecule has 2 aromatic rings. The van der Waals surface area contributed by atoms with Crippen LogP contribution in [0, 0.1) is 11.3 Å². The molecule has 1 spiro atoms. The minimum Gasteiger partial charge on any atom is -0.298 e. The SMILES string of the molecule is CC1CC(=O)C12C(=O)c1cccc3cccc(c13)C2=O. The zero-order valence-electron chi connectivity index (χ0n) is 11.0. The van der Waals surface area contributed by atoms with Crippen LogP contribution >= 0.6 is 0 Å². The van der Waals surface area contributed by atoms with E-state index >= 15 is 0 Å². The third kappa shape index (κ3) is 1.02. The van der Waals surface area contributed by atoms with Crippen LogP contribution in [0.5, 0.6) is 0 Å². The maximum absolute atomic E-state index is 12.8. The molecule has 1 saturated carbocycles. The van der Waals surface area contributed by atoms with E-state index in [-0.39, 0.29) is 23.3 Å². The third-order valence-corrected chi connectivity index (χ3v) is 4.78. The number of ketones is 3. The van der Waals surface area contributed by atoms with E-state index in [2.05, 4.69) is 0 Å². The molecular weight excluding hydrogens is 252 g/mol. The second-order valence-corrected chi connectivity index (χ2v) is 5.70. The Balaban J connectivity index is 2.14. The number of hydrogen-bond acceptors (Lipinski definition) is 3. The fraction of sp³-hybridized carbons (Fsp3) is 0.235. The lowest BCUT2D eigenvalue weighted by Crippen LogP contribution is -2.60. The average Bonchev–Trinajstić information content (AvgIpc) is 2.45. The molecular formula is C17H12O3. The first kappa shape index (κ1) is 11.5. The van der Waals surface area contributed by atoms with Gasteiger partial charge < -0.3 is 0 Å². The first-order valence-corrected chi connectivity index (χ1v) is 6.73. The van der Waals surface area contributed by atoms with Gasteiger partial charge in [0.25, 0.3) is 0 Å². The molecule has 0 saturated heterocycles. The van der Waals surface area contributed by atoms with Crippen LogP contribution in [0.1, 0.15) is 34.1 Å². The summed E-state index contributed by atoms with van der Waals surface area (Å²) in [7, 11) is 0. The molecule has 0 N–H and O–H groups in total. The summed E-state index contributed by atoms with van der Waals surface area (Å²) in [4.78, 5) is 37.7. The number of rotatable bonds is 0. The normalized spacial score (nSPS) is 23.2. The molecule has 3 nitrogen and oxygen atoms in total. The fourth-order valence-corrected chi connectivity index (χ4v) is 3.68. The van der Waals surface area contributed by atoms with Crippen LogP contribution in [0.4, 0.5) is 0 Å². The van der Waals surface area contributed by atoms with Gasteiger partial charge in [0.05, 0.1) is 0 Å². The molecule has 98 valence electrons. The third-order valence-electron chi connectivity index (χ3n) is 4.78. The minimum atomic E-state index is -1.44. The van der Waals surface area contributed by atoms with E-state index in [9.17, 15) is 14.4 Å². The summed E-state index contributed by atoms with van der Waals surface area (Å²) in [5, 5.41) is 1.57. The van der Waals surface area contributed by atoms with Gasteiger partial charge in [0.1, 0.15) is 0 Å². The summed E-state index contributed by atoms with van der Waals surface area (Å²) in [6.07, 6.45) is 0.315. The molecule has 0 heterocycles. The highest BCUT2D eigenvalue weighted by molar-refractivity contribution is 6.42. The summed E-state index contributed by atoms with van der Waals surface area (Å²) < 4.78 is 0. The van der Waals surface area contributed by atoms with Crippen LogP contribution in [-0.4, -0.2) is 17.3 Å². The van der Waals surface area contributed by atoms with Crippen molar-refractivity contribution in [2.75, 3.05) is 0 Å². The van der Waals surface area contributed by atoms with Crippen LogP contribution in [-0.2, 0) is 4.79 Å². The van der Waals surface area contributed by atoms with Gasteiger partial charge in [0.2, 0.25) is 0 Å². The van der Waals surface area contributed by atoms with Gasteiger partial charge in [-0.3, -0.25) is 14.4 Å². The number of carbonyl (C=O) groups excluding carboxylic acids is 3. The molecule has 4 rings (SSSR count). The Bertz CT molecular complexity index is 765. The lowest BCUT2D eigenvalue weighted by atomic mass is 9.51. The van der Waals surface area contributed by atoms with Crippen molar-refractivity contribution in [3.63, 3.8) is 0 Å². The predicted octanol–water partition coefficient (Wildman–Crippen LogP) is 2.81. The van der Waals surface area contributed by atoms with Gasteiger partial charge in [-0.15, -0.1) is 0 Å². The highest BCUT2D eigenvalue weighted by Gasteiger charge is 2.64. The molecule has 2 aliphatic rings.